The van der Waals surface area contributed by atoms with Gasteiger partial charge in [0.2, 0.25) is 0 Å². The molecule has 0 unspecified atom stereocenters. The topological polar surface area (TPSA) is 77.8 Å². The molecule has 1 N–H and O–H groups in total. The second-order valence-electron chi connectivity index (χ2n) is 8.29. The Hall–Kier alpha value is -3.07. The number of nitrogens with zero attached hydrogens (tertiary/aromatic N) is 3. The first kappa shape index (κ1) is 22.7. The number of benzene rings is 2. The third-order valence-electron chi connectivity index (χ3n) is 6.33. The molecule has 34 heavy (non-hydrogen) atoms. The van der Waals surface area contributed by atoms with E-state index in [0.717, 1.165) is 60.9 Å². The van der Waals surface area contributed by atoms with Gasteiger partial charge in [-0.05, 0) is 29.8 Å². The van der Waals surface area contributed by atoms with Crippen LogP contribution in [0, 0.1) is 0 Å². The van der Waals surface area contributed by atoms with Crippen LogP contribution in [0.5, 0.6) is 11.5 Å². The molecule has 0 saturated carbocycles. The maximum absolute atomic E-state index is 13.3. The minimum Gasteiger partial charge on any atom is -0.493 e. The monoisotopic (exact) mass is 482 g/mol. The number of ether oxygens (including phenoxy) is 3. The fourth-order valence-corrected chi connectivity index (χ4v) is 4.80. The number of methoxy groups -OCH3 is 2. The molecular formula is C25H27ClN4O4. The van der Waals surface area contributed by atoms with E-state index in [1.807, 2.05) is 36.4 Å². The number of rotatable bonds is 7. The highest BCUT2D eigenvalue weighted by molar-refractivity contribution is 6.32. The molecule has 2 heterocycles. The van der Waals surface area contributed by atoms with Gasteiger partial charge in [0.1, 0.15) is 0 Å². The zero-order chi connectivity index (χ0) is 23.7. The van der Waals surface area contributed by atoms with E-state index in [2.05, 4.69) is 10.2 Å². The Labute approximate surface area is 203 Å². The Balaban J connectivity index is 1.51. The van der Waals surface area contributed by atoms with Crippen molar-refractivity contribution in [2.75, 3.05) is 53.6 Å². The summed E-state index contributed by atoms with van der Waals surface area (Å²) < 4.78 is 18.2. The van der Waals surface area contributed by atoms with Crippen LogP contribution in [0.2, 0.25) is 5.02 Å². The van der Waals surface area contributed by atoms with Crippen LogP contribution in [0.1, 0.15) is 21.6 Å². The summed E-state index contributed by atoms with van der Waals surface area (Å²) >= 11 is 6.53. The first-order valence-corrected chi connectivity index (χ1v) is 11.7. The molecule has 1 fully saturated rings. The molecule has 178 valence electrons. The van der Waals surface area contributed by atoms with Gasteiger partial charge in [0, 0.05) is 43.7 Å². The fraction of sp³-hybridized carbons (Fsp3) is 0.360. The fourth-order valence-electron chi connectivity index (χ4n) is 4.59. The summed E-state index contributed by atoms with van der Waals surface area (Å²) in [5.74, 6) is 1.08. The third-order valence-corrected chi connectivity index (χ3v) is 6.65. The van der Waals surface area contributed by atoms with Gasteiger partial charge in [-0.15, -0.1) is 0 Å². The van der Waals surface area contributed by atoms with Crippen LogP contribution >= 0.6 is 11.6 Å². The van der Waals surface area contributed by atoms with Gasteiger partial charge in [0.25, 0.3) is 5.91 Å². The molecule has 5 rings (SSSR count). The summed E-state index contributed by atoms with van der Waals surface area (Å²) in [6, 6.07) is 11.4. The zero-order valence-corrected chi connectivity index (χ0v) is 20.0. The number of halogens is 1. The van der Waals surface area contributed by atoms with Crippen molar-refractivity contribution in [3.8, 4) is 28.4 Å². The van der Waals surface area contributed by atoms with Crippen LogP contribution in [-0.2, 0) is 11.2 Å². The molecule has 0 spiro atoms. The van der Waals surface area contributed by atoms with E-state index in [1.165, 1.54) is 0 Å². The molecular weight excluding hydrogens is 456 g/mol. The van der Waals surface area contributed by atoms with Gasteiger partial charge in [0.15, 0.2) is 17.2 Å². The van der Waals surface area contributed by atoms with Gasteiger partial charge < -0.3 is 19.5 Å². The van der Waals surface area contributed by atoms with Crippen molar-refractivity contribution in [3.63, 3.8) is 0 Å². The lowest BCUT2D eigenvalue weighted by Gasteiger charge is -2.26. The minimum atomic E-state index is -0.193. The van der Waals surface area contributed by atoms with Gasteiger partial charge in [-0.2, -0.15) is 5.10 Å². The third kappa shape index (κ3) is 4.13. The number of hydrogen-bond donors (Lipinski definition) is 1. The van der Waals surface area contributed by atoms with E-state index >= 15 is 0 Å². The van der Waals surface area contributed by atoms with E-state index in [-0.39, 0.29) is 5.91 Å². The molecule has 1 amide bonds. The number of amides is 1. The number of carbonyl (C=O) groups excluding carboxylic acids is 1. The molecule has 0 bridgehead atoms. The second-order valence-corrected chi connectivity index (χ2v) is 8.70. The number of morpholine rings is 1. The van der Waals surface area contributed by atoms with E-state index in [1.54, 1.807) is 18.9 Å². The Morgan fingerprint density at radius 1 is 1.15 bits per heavy atom. The van der Waals surface area contributed by atoms with Crippen molar-refractivity contribution in [2.24, 2.45) is 0 Å². The molecule has 1 aliphatic carbocycles. The van der Waals surface area contributed by atoms with Crippen LogP contribution in [0.25, 0.3) is 16.9 Å². The summed E-state index contributed by atoms with van der Waals surface area (Å²) in [6.07, 6.45) is 0.571. The normalized spacial score (nSPS) is 15.0. The maximum atomic E-state index is 13.3. The predicted octanol–water partition coefficient (Wildman–Crippen LogP) is 3.18. The first-order valence-electron chi connectivity index (χ1n) is 11.3. The lowest BCUT2D eigenvalue weighted by Crippen LogP contribution is -2.41. The van der Waals surface area contributed by atoms with Crippen molar-refractivity contribution in [1.29, 1.82) is 0 Å². The largest absolute Gasteiger partial charge is 0.493 e. The average Bonchev–Trinajstić information content (AvgIpc) is 3.41. The van der Waals surface area contributed by atoms with Crippen molar-refractivity contribution < 1.29 is 19.0 Å². The lowest BCUT2D eigenvalue weighted by atomic mass is 10.1. The molecule has 1 saturated heterocycles. The Bertz CT molecular complexity index is 1220. The van der Waals surface area contributed by atoms with Crippen molar-refractivity contribution in [3.05, 3.63) is 58.2 Å². The molecule has 0 radical (unpaired) electrons. The standard InChI is InChI=1S/C25H27ClN4O4/c1-32-21-14-16-13-18-23(25(31)27-7-8-29-9-11-34-12-10-29)28-30(20-6-4-3-5-19(20)26)24(18)17(16)15-22(21)33-2/h3-6,14-15H,7-13H2,1-2H3,(H,27,31). The molecule has 8 nitrogen and oxygen atoms in total. The van der Waals surface area contributed by atoms with Crippen LogP contribution in [-0.4, -0.2) is 74.2 Å². The number of fused-ring (bicyclic) bond motifs is 3. The minimum absolute atomic E-state index is 0.193. The predicted molar refractivity (Wildman–Crippen MR) is 130 cm³/mol. The lowest BCUT2D eigenvalue weighted by molar-refractivity contribution is 0.0383. The van der Waals surface area contributed by atoms with E-state index in [9.17, 15) is 4.79 Å². The van der Waals surface area contributed by atoms with Gasteiger partial charge in [0.05, 0.1) is 43.8 Å². The van der Waals surface area contributed by atoms with Crippen LogP contribution < -0.4 is 14.8 Å². The molecule has 3 aromatic rings. The van der Waals surface area contributed by atoms with Crippen molar-refractivity contribution >= 4 is 17.5 Å². The van der Waals surface area contributed by atoms with Gasteiger partial charge in [-0.25, -0.2) is 4.68 Å². The van der Waals surface area contributed by atoms with E-state index < -0.39 is 0 Å². The Morgan fingerprint density at radius 3 is 2.62 bits per heavy atom. The summed E-state index contributed by atoms with van der Waals surface area (Å²) in [6.45, 7) is 4.54. The highest BCUT2D eigenvalue weighted by atomic mass is 35.5. The maximum Gasteiger partial charge on any atom is 0.272 e. The number of nitrogens with one attached hydrogen (secondary N) is 1. The van der Waals surface area contributed by atoms with E-state index in [4.69, 9.17) is 30.9 Å². The smallest absolute Gasteiger partial charge is 0.272 e. The summed E-state index contributed by atoms with van der Waals surface area (Å²) in [5.41, 5.74) is 4.85. The molecule has 1 aliphatic heterocycles. The van der Waals surface area contributed by atoms with Crippen molar-refractivity contribution in [2.45, 2.75) is 6.42 Å². The summed E-state index contributed by atoms with van der Waals surface area (Å²) in [7, 11) is 3.23. The summed E-state index contributed by atoms with van der Waals surface area (Å²) in [4.78, 5) is 15.5. The molecule has 1 aromatic heterocycles. The van der Waals surface area contributed by atoms with Gasteiger partial charge in [-0.1, -0.05) is 23.7 Å². The number of para-hydroxylation sites is 1. The van der Waals surface area contributed by atoms with Crippen LogP contribution in [0.3, 0.4) is 0 Å². The van der Waals surface area contributed by atoms with Crippen LogP contribution in [0.4, 0.5) is 0 Å². The highest BCUT2D eigenvalue weighted by Crippen LogP contribution is 2.45. The molecule has 0 atom stereocenters. The van der Waals surface area contributed by atoms with Crippen LogP contribution in [0.15, 0.2) is 36.4 Å². The number of aromatic nitrogens is 2. The second kappa shape index (κ2) is 9.66. The van der Waals surface area contributed by atoms with Gasteiger partial charge >= 0.3 is 0 Å². The number of carbonyl (C=O) groups is 1. The average molecular weight is 483 g/mol. The van der Waals surface area contributed by atoms with Crippen molar-refractivity contribution in [1.82, 2.24) is 20.0 Å². The number of hydrogen-bond acceptors (Lipinski definition) is 6. The first-order chi connectivity index (χ1) is 16.6. The van der Waals surface area contributed by atoms with Gasteiger partial charge in [-0.3, -0.25) is 9.69 Å². The summed E-state index contributed by atoms with van der Waals surface area (Å²) in [5, 5.41) is 8.34. The Morgan fingerprint density at radius 2 is 1.88 bits per heavy atom. The molecule has 2 aliphatic rings. The molecule has 9 heteroatoms. The molecule has 2 aromatic carbocycles. The zero-order valence-electron chi connectivity index (χ0n) is 19.3. The quantitative estimate of drug-likeness (QED) is 0.436. The Kier molecular flexibility index (Phi) is 6.45. The SMILES string of the molecule is COc1cc2c(cc1OC)-c1c(c(C(=O)NCCN3CCOCC3)nn1-c1ccccc1Cl)C2. The van der Waals surface area contributed by atoms with E-state index in [0.29, 0.717) is 35.2 Å². The highest BCUT2D eigenvalue weighted by Gasteiger charge is 2.32.